The van der Waals surface area contributed by atoms with E-state index in [4.69, 9.17) is 16.9 Å². The van der Waals surface area contributed by atoms with Gasteiger partial charge in [-0.3, -0.25) is 0 Å². The molecule has 0 spiro atoms. The van der Waals surface area contributed by atoms with E-state index in [1.807, 2.05) is 0 Å². The lowest BCUT2D eigenvalue weighted by atomic mass is 9.77. The van der Waals surface area contributed by atoms with E-state index in [1.165, 1.54) is 6.42 Å². The lowest BCUT2D eigenvalue weighted by Gasteiger charge is -2.33. The molecule has 0 radical (unpaired) electrons. The average Bonchev–Trinajstić information content (AvgIpc) is 1.84. The highest BCUT2D eigenvalue weighted by Crippen LogP contribution is 2.39. The van der Waals surface area contributed by atoms with Gasteiger partial charge in [0.15, 0.2) is 0 Å². The standard InChI is InChI=1S/C9H14ClN/c1-7-3-8(2)5-9(10,4-7)6-11/h7-8H,3-5H2,1-2H3. The maximum absolute atomic E-state index is 8.80. The zero-order valence-electron chi connectivity index (χ0n) is 7.10. The molecule has 62 valence electrons. The van der Waals surface area contributed by atoms with E-state index < -0.39 is 4.87 Å². The van der Waals surface area contributed by atoms with Crippen LogP contribution in [0.4, 0.5) is 0 Å². The molecule has 1 nitrogen and oxygen atoms in total. The number of nitriles is 1. The van der Waals surface area contributed by atoms with Gasteiger partial charge < -0.3 is 0 Å². The molecule has 0 N–H and O–H groups in total. The van der Waals surface area contributed by atoms with Crippen molar-refractivity contribution in [3.63, 3.8) is 0 Å². The summed E-state index contributed by atoms with van der Waals surface area (Å²) in [5, 5.41) is 8.80. The van der Waals surface area contributed by atoms with Crippen molar-refractivity contribution in [1.29, 1.82) is 5.26 Å². The van der Waals surface area contributed by atoms with E-state index in [9.17, 15) is 0 Å². The second-order valence-electron chi connectivity index (χ2n) is 3.93. The molecule has 1 fully saturated rings. The van der Waals surface area contributed by atoms with Crippen molar-refractivity contribution in [2.45, 2.75) is 38.0 Å². The first kappa shape index (κ1) is 8.87. The van der Waals surface area contributed by atoms with Gasteiger partial charge in [0.2, 0.25) is 0 Å². The predicted octanol–water partition coefficient (Wildman–Crippen LogP) is 2.94. The lowest BCUT2D eigenvalue weighted by molar-refractivity contribution is 0.273. The zero-order valence-corrected chi connectivity index (χ0v) is 7.86. The molecular weight excluding hydrogens is 158 g/mol. The van der Waals surface area contributed by atoms with Crippen LogP contribution < -0.4 is 0 Å². The van der Waals surface area contributed by atoms with Crippen LogP contribution in [0, 0.1) is 23.2 Å². The number of hydrogen-bond acceptors (Lipinski definition) is 1. The fourth-order valence-electron chi connectivity index (χ4n) is 2.13. The molecule has 0 saturated heterocycles. The van der Waals surface area contributed by atoms with Crippen LogP contribution in [0.5, 0.6) is 0 Å². The van der Waals surface area contributed by atoms with Crippen molar-refractivity contribution in [2.24, 2.45) is 11.8 Å². The first-order valence-electron chi connectivity index (χ1n) is 4.16. The Morgan fingerprint density at radius 1 is 1.36 bits per heavy atom. The third kappa shape index (κ3) is 2.10. The number of hydrogen-bond donors (Lipinski definition) is 0. The summed E-state index contributed by atoms with van der Waals surface area (Å²) in [5.74, 6) is 1.21. The van der Waals surface area contributed by atoms with Crippen molar-refractivity contribution in [3.8, 4) is 6.07 Å². The van der Waals surface area contributed by atoms with Gasteiger partial charge in [0.1, 0.15) is 4.87 Å². The summed E-state index contributed by atoms with van der Waals surface area (Å²) in [4.78, 5) is -0.558. The molecule has 0 aliphatic heterocycles. The van der Waals surface area contributed by atoms with Gasteiger partial charge in [-0.1, -0.05) is 13.8 Å². The van der Waals surface area contributed by atoms with Crippen LogP contribution in [0.2, 0.25) is 0 Å². The normalized spacial score (nSPS) is 44.9. The first-order chi connectivity index (χ1) is 5.06. The van der Waals surface area contributed by atoms with Crippen molar-refractivity contribution >= 4 is 11.6 Å². The van der Waals surface area contributed by atoms with E-state index in [2.05, 4.69) is 19.9 Å². The fourth-order valence-corrected chi connectivity index (χ4v) is 2.66. The van der Waals surface area contributed by atoms with Crippen LogP contribution in [0.15, 0.2) is 0 Å². The summed E-state index contributed by atoms with van der Waals surface area (Å²) >= 11 is 6.09. The van der Waals surface area contributed by atoms with Gasteiger partial charge in [-0.25, -0.2) is 0 Å². The largest absolute Gasteiger partial charge is 0.196 e. The Morgan fingerprint density at radius 3 is 2.18 bits per heavy atom. The molecule has 2 atom stereocenters. The molecule has 2 heteroatoms. The Morgan fingerprint density at radius 2 is 1.82 bits per heavy atom. The molecule has 0 aromatic carbocycles. The predicted molar refractivity (Wildman–Crippen MR) is 46.4 cm³/mol. The topological polar surface area (TPSA) is 23.8 Å². The Kier molecular flexibility index (Phi) is 2.44. The summed E-state index contributed by atoms with van der Waals surface area (Å²) < 4.78 is 0. The van der Waals surface area contributed by atoms with E-state index in [0.29, 0.717) is 11.8 Å². The second-order valence-corrected chi connectivity index (χ2v) is 4.65. The van der Waals surface area contributed by atoms with Crippen LogP contribution in [0.3, 0.4) is 0 Å². The molecule has 2 unspecified atom stereocenters. The average molecular weight is 172 g/mol. The monoisotopic (exact) mass is 171 g/mol. The number of rotatable bonds is 0. The summed E-state index contributed by atoms with van der Waals surface area (Å²) in [6.45, 7) is 4.34. The SMILES string of the molecule is CC1CC(C)CC(Cl)(C#N)C1. The van der Waals surface area contributed by atoms with E-state index in [1.54, 1.807) is 0 Å². The Hall–Kier alpha value is -0.220. The first-order valence-corrected chi connectivity index (χ1v) is 4.54. The molecule has 1 aliphatic rings. The van der Waals surface area contributed by atoms with Gasteiger partial charge in [0.25, 0.3) is 0 Å². The van der Waals surface area contributed by atoms with Gasteiger partial charge in [0, 0.05) is 0 Å². The van der Waals surface area contributed by atoms with E-state index in [0.717, 1.165) is 12.8 Å². The van der Waals surface area contributed by atoms with Crippen LogP contribution in [0.1, 0.15) is 33.1 Å². The minimum atomic E-state index is -0.558. The molecule has 11 heavy (non-hydrogen) atoms. The maximum atomic E-state index is 8.80. The molecule has 1 saturated carbocycles. The van der Waals surface area contributed by atoms with Gasteiger partial charge in [0.05, 0.1) is 6.07 Å². The van der Waals surface area contributed by atoms with Crippen LogP contribution in [-0.4, -0.2) is 4.87 Å². The second kappa shape index (κ2) is 3.03. The molecule has 1 aliphatic carbocycles. The summed E-state index contributed by atoms with van der Waals surface area (Å²) in [7, 11) is 0. The summed E-state index contributed by atoms with van der Waals surface area (Å²) in [5.41, 5.74) is 0. The van der Waals surface area contributed by atoms with Gasteiger partial charge >= 0.3 is 0 Å². The van der Waals surface area contributed by atoms with Crippen LogP contribution >= 0.6 is 11.6 Å². The van der Waals surface area contributed by atoms with Crippen molar-refractivity contribution in [3.05, 3.63) is 0 Å². The van der Waals surface area contributed by atoms with Gasteiger partial charge in [-0.15, -0.1) is 11.6 Å². The van der Waals surface area contributed by atoms with E-state index in [-0.39, 0.29) is 0 Å². The van der Waals surface area contributed by atoms with Crippen molar-refractivity contribution in [1.82, 2.24) is 0 Å². The third-order valence-corrected chi connectivity index (χ3v) is 2.74. The highest BCUT2D eigenvalue weighted by Gasteiger charge is 2.35. The van der Waals surface area contributed by atoms with Crippen molar-refractivity contribution < 1.29 is 0 Å². The third-order valence-electron chi connectivity index (χ3n) is 2.35. The molecule has 0 aromatic heterocycles. The summed E-state index contributed by atoms with van der Waals surface area (Å²) in [6, 6.07) is 2.21. The van der Waals surface area contributed by atoms with Crippen LogP contribution in [0.25, 0.3) is 0 Å². The van der Waals surface area contributed by atoms with Gasteiger partial charge in [-0.2, -0.15) is 5.26 Å². The molecule has 1 rings (SSSR count). The molecule has 0 bridgehead atoms. The number of alkyl halides is 1. The minimum absolute atomic E-state index is 0.558. The molecule has 0 amide bonds. The van der Waals surface area contributed by atoms with Crippen LogP contribution in [-0.2, 0) is 0 Å². The Bertz CT molecular complexity index is 172. The molecule has 0 aromatic rings. The highest BCUT2D eigenvalue weighted by molar-refractivity contribution is 6.25. The smallest absolute Gasteiger partial charge is 0.131 e. The van der Waals surface area contributed by atoms with Crippen molar-refractivity contribution in [2.75, 3.05) is 0 Å². The Labute approximate surface area is 73.3 Å². The lowest BCUT2D eigenvalue weighted by Crippen LogP contribution is -2.31. The van der Waals surface area contributed by atoms with Gasteiger partial charge in [-0.05, 0) is 31.1 Å². The molecular formula is C9H14ClN. The fraction of sp³-hybridized carbons (Fsp3) is 0.889. The highest BCUT2D eigenvalue weighted by atomic mass is 35.5. The Balaban J connectivity index is 2.64. The number of nitrogens with zero attached hydrogens (tertiary/aromatic N) is 1. The maximum Gasteiger partial charge on any atom is 0.131 e. The quantitative estimate of drug-likeness (QED) is 0.514. The zero-order chi connectivity index (χ0) is 8.48. The van der Waals surface area contributed by atoms with E-state index >= 15 is 0 Å². The number of halogens is 1. The molecule has 0 heterocycles. The minimum Gasteiger partial charge on any atom is -0.196 e. The summed E-state index contributed by atoms with van der Waals surface area (Å²) in [6.07, 6.45) is 2.93.